The fourth-order valence-electron chi connectivity index (χ4n) is 1.49. The van der Waals surface area contributed by atoms with Crippen LogP contribution < -0.4 is 0 Å². The maximum atomic E-state index is 5.61. The summed E-state index contributed by atoms with van der Waals surface area (Å²) in [5.74, 6) is 0. The van der Waals surface area contributed by atoms with Crippen molar-refractivity contribution >= 4 is 12.6 Å². The van der Waals surface area contributed by atoms with Crippen LogP contribution in [0.2, 0.25) is 0 Å². The van der Waals surface area contributed by atoms with Gasteiger partial charge in [0, 0.05) is 6.04 Å². The molecule has 0 aromatic heterocycles. The predicted molar refractivity (Wildman–Crippen MR) is 54.7 cm³/mol. The monoisotopic (exact) mass is 189 g/mol. The molecule has 1 rings (SSSR count). The Labute approximate surface area is 80.7 Å². The molecule has 0 amide bonds. The van der Waals surface area contributed by atoms with Gasteiger partial charge in [-0.3, -0.25) is 0 Å². The van der Waals surface area contributed by atoms with Crippen molar-refractivity contribution in [1.29, 1.82) is 0 Å². The Bertz CT molecular complexity index is 144. The molecule has 1 heterocycles. The number of likely N-dealkylation sites (N-methyl/N-ethyl adjacent to an activating group) is 1. The van der Waals surface area contributed by atoms with E-state index in [1.54, 1.807) is 0 Å². The van der Waals surface area contributed by atoms with Gasteiger partial charge in [0.05, 0.1) is 6.61 Å². The van der Waals surface area contributed by atoms with Crippen molar-refractivity contribution in [3.63, 3.8) is 0 Å². The van der Waals surface area contributed by atoms with E-state index in [4.69, 9.17) is 4.74 Å². The summed E-state index contributed by atoms with van der Waals surface area (Å²) in [5, 5.41) is 0. The molecule has 1 aliphatic heterocycles. The molecule has 0 aliphatic carbocycles. The molecular weight excluding hydrogens is 170 g/mol. The molecule has 0 saturated carbocycles. The van der Waals surface area contributed by atoms with Crippen LogP contribution in [0.15, 0.2) is 0 Å². The van der Waals surface area contributed by atoms with Crippen molar-refractivity contribution in [2.24, 2.45) is 0 Å². The van der Waals surface area contributed by atoms with Gasteiger partial charge in [-0.25, -0.2) is 0 Å². The molecule has 1 saturated heterocycles. The third-order valence-corrected chi connectivity index (χ3v) is 2.43. The van der Waals surface area contributed by atoms with E-state index >= 15 is 0 Å². The van der Waals surface area contributed by atoms with Crippen LogP contribution in [0, 0.1) is 0 Å². The second-order valence-electron chi connectivity index (χ2n) is 4.03. The molecule has 0 radical (unpaired) electrons. The second kappa shape index (κ2) is 3.99. The molecular formula is C9H19NOS. The number of hydrogen-bond donors (Lipinski definition) is 1. The highest BCUT2D eigenvalue weighted by atomic mass is 32.1. The fourth-order valence-corrected chi connectivity index (χ4v) is 1.56. The zero-order valence-corrected chi connectivity index (χ0v) is 9.10. The lowest BCUT2D eigenvalue weighted by Crippen LogP contribution is -2.32. The van der Waals surface area contributed by atoms with Gasteiger partial charge in [0.15, 0.2) is 0 Å². The normalized spacial score (nSPS) is 26.5. The Balaban J connectivity index is 2.23. The fraction of sp³-hybridized carbons (Fsp3) is 1.00. The van der Waals surface area contributed by atoms with Gasteiger partial charge in [-0.05, 0) is 40.3 Å². The number of rotatable bonds is 3. The molecule has 72 valence electrons. The smallest absolute Gasteiger partial charge is 0.105 e. The van der Waals surface area contributed by atoms with E-state index in [0.29, 0.717) is 6.04 Å². The summed E-state index contributed by atoms with van der Waals surface area (Å²) in [5.41, 5.74) is 0. The van der Waals surface area contributed by atoms with Crippen molar-refractivity contribution in [2.45, 2.75) is 37.7 Å². The summed E-state index contributed by atoms with van der Waals surface area (Å²) in [6.45, 7) is 5.98. The average Bonchev–Trinajstić information content (AvgIpc) is 2.29. The first-order chi connectivity index (χ1) is 5.49. The van der Waals surface area contributed by atoms with Crippen molar-refractivity contribution < 1.29 is 4.74 Å². The SMILES string of the molecule is CN1CCC[C@H]1COC(C)(C)S. The van der Waals surface area contributed by atoms with Crippen LogP contribution in [0.1, 0.15) is 26.7 Å². The first-order valence-electron chi connectivity index (χ1n) is 4.55. The molecule has 1 atom stereocenters. The summed E-state index contributed by atoms with van der Waals surface area (Å²) in [6, 6.07) is 0.608. The summed E-state index contributed by atoms with van der Waals surface area (Å²) in [6.07, 6.45) is 2.57. The van der Waals surface area contributed by atoms with Gasteiger partial charge in [-0.15, -0.1) is 12.6 Å². The van der Waals surface area contributed by atoms with Crippen LogP contribution in [-0.2, 0) is 4.74 Å². The van der Waals surface area contributed by atoms with E-state index < -0.39 is 0 Å². The Morgan fingerprint density at radius 3 is 2.67 bits per heavy atom. The maximum Gasteiger partial charge on any atom is 0.105 e. The molecule has 2 nitrogen and oxygen atoms in total. The van der Waals surface area contributed by atoms with Crippen LogP contribution >= 0.6 is 12.6 Å². The van der Waals surface area contributed by atoms with E-state index in [2.05, 4.69) is 24.6 Å². The van der Waals surface area contributed by atoms with E-state index in [1.807, 2.05) is 13.8 Å². The highest BCUT2D eigenvalue weighted by molar-refractivity contribution is 7.81. The van der Waals surface area contributed by atoms with Crippen molar-refractivity contribution in [2.75, 3.05) is 20.2 Å². The lowest BCUT2D eigenvalue weighted by atomic mass is 10.2. The maximum absolute atomic E-state index is 5.61. The minimum absolute atomic E-state index is 0.288. The molecule has 0 unspecified atom stereocenters. The van der Waals surface area contributed by atoms with Crippen LogP contribution in [0.5, 0.6) is 0 Å². The van der Waals surface area contributed by atoms with Crippen molar-refractivity contribution in [1.82, 2.24) is 4.90 Å². The number of likely N-dealkylation sites (tertiary alicyclic amines) is 1. The van der Waals surface area contributed by atoms with Gasteiger partial charge in [-0.2, -0.15) is 0 Å². The average molecular weight is 189 g/mol. The van der Waals surface area contributed by atoms with Gasteiger partial charge in [0.1, 0.15) is 4.93 Å². The molecule has 0 spiro atoms. The number of hydrogen-bond acceptors (Lipinski definition) is 3. The van der Waals surface area contributed by atoms with Gasteiger partial charge in [-0.1, -0.05) is 0 Å². The van der Waals surface area contributed by atoms with E-state index in [0.717, 1.165) is 6.61 Å². The second-order valence-corrected chi connectivity index (χ2v) is 5.11. The summed E-state index contributed by atoms with van der Waals surface area (Å²) in [4.78, 5) is 2.07. The van der Waals surface area contributed by atoms with Crippen LogP contribution in [0.3, 0.4) is 0 Å². The van der Waals surface area contributed by atoms with Crippen molar-refractivity contribution in [3.8, 4) is 0 Å². The van der Waals surface area contributed by atoms with Gasteiger partial charge < -0.3 is 9.64 Å². The summed E-state index contributed by atoms with van der Waals surface area (Å²) in [7, 11) is 2.16. The van der Waals surface area contributed by atoms with Crippen LogP contribution in [0.4, 0.5) is 0 Å². The van der Waals surface area contributed by atoms with E-state index in [1.165, 1.54) is 19.4 Å². The minimum atomic E-state index is -0.288. The molecule has 0 aromatic rings. The molecule has 12 heavy (non-hydrogen) atoms. The predicted octanol–water partition coefficient (Wildman–Crippen LogP) is 1.76. The quantitative estimate of drug-likeness (QED) is 0.536. The topological polar surface area (TPSA) is 12.5 Å². The number of ether oxygens (including phenoxy) is 1. The van der Waals surface area contributed by atoms with Gasteiger partial charge in [0.25, 0.3) is 0 Å². The zero-order chi connectivity index (χ0) is 9.19. The highest BCUT2D eigenvalue weighted by Gasteiger charge is 2.23. The molecule has 0 aromatic carbocycles. The van der Waals surface area contributed by atoms with Gasteiger partial charge in [0.2, 0.25) is 0 Å². The largest absolute Gasteiger partial charge is 0.364 e. The molecule has 0 bridgehead atoms. The Hall–Kier alpha value is 0.270. The molecule has 1 fully saturated rings. The first-order valence-corrected chi connectivity index (χ1v) is 5.00. The molecule has 3 heteroatoms. The number of nitrogens with zero attached hydrogens (tertiary/aromatic N) is 1. The Kier molecular flexibility index (Phi) is 3.44. The van der Waals surface area contributed by atoms with E-state index in [-0.39, 0.29) is 4.93 Å². The number of thiol groups is 1. The lowest BCUT2D eigenvalue weighted by Gasteiger charge is -2.24. The van der Waals surface area contributed by atoms with E-state index in [9.17, 15) is 0 Å². The minimum Gasteiger partial charge on any atom is -0.364 e. The standard InChI is InChI=1S/C9H19NOS/c1-9(2,12)11-7-8-5-4-6-10(8)3/h8,12H,4-7H2,1-3H3/t8-/m0/s1. The van der Waals surface area contributed by atoms with Crippen molar-refractivity contribution in [3.05, 3.63) is 0 Å². The molecule has 1 aliphatic rings. The third-order valence-electron chi connectivity index (χ3n) is 2.30. The lowest BCUT2D eigenvalue weighted by molar-refractivity contribution is 0.0230. The van der Waals surface area contributed by atoms with Gasteiger partial charge >= 0.3 is 0 Å². The van der Waals surface area contributed by atoms with Crippen LogP contribution in [-0.4, -0.2) is 36.1 Å². The molecule has 0 N–H and O–H groups in total. The Morgan fingerprint density at radius 2 is 2.25 bits per heavy atom. The van der Waals surface area contributed by atoms with Crippen LogP contribution in [0.25, 0.3) is 0 Å². The first kappa shape index (κ1) is 10.4. The third kappa shape index (κ3) is 3.33. The summed E-state index contributed by atoms with van der Waals surface area (Å²) >= 11 is 4.32. The highest BCUT2D eigenvalue weighted by Crippen LogP contribution is 2.19. The zero-order valence-electron chi connectivity index (χ0n) is 8.21. The Morgan fingerprint density at radius 1 is 1.58 bits per heavy atom. The summed E-state index contributed by atoms with van der Waals surface area (Å²) < 4.78 is 5.61.